The highest BCUT2D eigenvalue weighted by atomic mass is 16.5. The van der Waals surface area contributed by atoms with Crippen molar-refractivity contribution in [3.8, 4) is 0 Å². The number of hydrogen-bond acceptors (Lipinski definition) is 4. The predicted molar refractivity (Wildman–Crippen MR) is 67.9 cm³/mol. The summed E-state index contributed by atoms with van der Waals surface area (Å²) in [7, 11) is 0. The molecule has 1 aliphatic heterocycles. The zero-order chi connectivity index (χ0) is 13.1. The van der Waals surface area contributed by atoms with E-state index in [1.54, 1.807) is 0 Å². The van der Waals surface area contributed by atoms with Gasteiger partial charge in [0.15, 0.2) is 0 Å². The SMILES string of the molecule is CC1CCC(C(=O)N2CCOC(CO)C2)CC1N. The first-order chi connectivity index (χ1) is 8.61. The Labute approximate surface area is 108 Å². The van der Waals surface area contributed by atoms with Gasteiger partial charge in [-0.1, -0.05) is 6.92 Å². The topological polar surface area (TPSA) is 75.8 Å². The first-order valence-corrected chi connectivity index (χ1v) is 6.88. The first kappa shape index (κ1) is 13.8. The van der Waals surface area contributed by atoms with E-state index in [0.29, 0.717) is 25.6 Å². The number of aliphatic hydroxyl groups excluding tert-OH is 1. The number of carbonyl (C=O) groups excluding carboxylic acids is 1. The molecule has 5 nitrogen and oxygen atoms in total. The molecule has 0 bridgehead atoms. The Morgan fingerprint density at radius 1 is 1.50 bits per heavy atom. The Morgan fingerprint density at radius 2 is 2.28 bits per heavy atom. The molecule has 2 aliphatic rings. The highest BCUT2D eigenvalue weighted by Gasteiger charge is 2.34. The largest absolute Gasteiger partial charge is 0.394 e. The van der Waals surface area contributed by atoms with Crippen molar-refractivity contribution < 1.29 is 14.6 Å². The standard InChI is InChI=1S/C13H24N2O3/c1-9-2-3-10(6-12(9)14)13(17)15-4-5-18-11(7-15)8-16/h9-12,16H,2-8,14H2,1H3. The Kier molecular flexibility index (Phi) is 4.59. The summed E-state index contributed by atoms with van der Waals surface area (Å²) < 4.78 is 5.36. The van der Waals surface area contributed by atoms with E-state index < -0.39 is 0 Å². The van der Waals surface area contributed by atoms with Crippen LogP contribution in [0.5, 0.6) is 0 Å². The lowest BCUT2D eigenvalue weighted by Gasteiger charge is -2.37. The molecule has 1 heterocycles. The van der Waals surface area contributed by atoms with Crippen LogP contribution in [0.25, 0.3) is 0 Å². The molecule has 2 rings (SSSR count). The second-order valence-electron chi connectivity index (χ2n) is 5.61. The zero-order valence-corrected chi connectivity index (χ0v) is 11.0. The number of nitrogens with zero attached hydrogens (tertiary/aromatic N) is 1. The average molecular weight is 256 g/mol. The van der Waals surface area contributed by atoms with Crippen LogP contribution < -0.4 is 5.73 Å². The number of nitrogens with two attached hydrogens (primary N) is 1. The molecular formula is C13H24N2O3. The van der Waals surface area contributed by atoms with Gasteiger partial charge in [0.25, 0.3) is 0 Å². The van der Waals surface area contributed by atoms with Crippen molar-refractivity contribution in [2.75, 3.05) is 26.3 Å². The minimum atomic E-state index is -0.223. The highest BCUT2D eigenvalue weighted by molar-refractivity contribution is 5.79. The van der Waals surface area contributed by atoms with Crippen molar-refractivity contribution >= 4 is 5.91 Å². The third-order valence-electron chi connectivity index (χ3n) is 4.26. The van der Waals surface area contributed by atoms with Crippen LogP contribution in [-0.4, -0.2) is 54.4 Å². The number of rotatable bonds is 2. The second-order valence-corrected chi connectivity index (χ2v) is 5.61. The van der Waals surface area contributed by atoms with Gasteiger partial charge in [-0.05, 0) is 25.2 Å². The summed E-state index contributed by atoms with van der Waals surface area (Å²) in [6.45, 7) is 3.80. The number of amides is 1. The molecular weight excluding hydrogens is 232 g/mol. The summed E-state index contributed by atoms with van der Waals surface area (Å²) >= 11 is 0. The van der Waals surface area contributed by atoms with E-state index in [1.165, 1.54) is 0 Å². The van der Waals surface area contributed by atoms with Crippen molar-refractivity contribution in [3.05, 3.63) is 0 Å². The molecule has 0 aromatic heterocycles. The number of carbonyl (C=O) groups is 1. The lowest BCUT2D eigenvalue weighted by molar-refractivity contribution is -0.146. The van der Waals surface area contributed by atoms with Gasteiger partial charge in [0, 0.05) is 25.0 Å². The molecule has 1 saturated heterocycles. The predicted octanol–water partition coefficient (Wildman–Crippen LogP) is -0.0304. The zero-order valence-electron chi connectivity index (χ0n) is 11.0. The fourth-order valence-electron chi connectivity index (χ4n) is 2.87. The minimum Gasteiger partial charge on any atom is -0.394 e. The second kappa shape index (κ2) is 5.99. The van der Waals surface area contributed by atoms with Crippen molar-refractivity contribution in [3.63, 3.8) is 0 Å². The van der Waals surface area contributed by atoms with Gasteiger partial charge in [-0.3, -0.25) is 4.79 Å². The lowest BCUT2D eigenvalue weighted by atomic mass is 9.79. The first-order valence-electron chi connectivity index (χ1n) is 6.88. The molecule has 4 unspecified atom stereocenters. The highest BCUT2D eigenvalue weighted by Crippen LogP contribution is 2.29. The lowest BCUT2D eigenvalue weighted by Crippen LogP contribution is -2.50. The summed E-state index contributed by atoms with van der Waals surface area (Å²) in [6.07, 6.45) is 2.54. The minimum absolute atomic E-state index is 0.0228. The molecule has 104 valence electrons. The van der Waals surface area contributed by atoms with Gasteiger partial charge in [-0.2, -0.15) is 0 Å². The van der Waals surface area contributed by atoms with Crippen molar-refractivity contribution in [1.29, 1.82) is 0 Å². The van der Waals surface area contributed by atoms with E-state index in [-0.39, 0.29) is 30.6 Å². The van der Waals surface area contributed by atoms with Crippen molar-refractivity contribution in [1.82, 2.24) is 4.90 Å². The van der Waals surface area contributed by atoms with E-state index in [0.717, 1.165) is 19.3 Å². The third kappa shape index (κ3) is 3.02. The summed E-state index contributed by atoms with van der Waals surface area (Å²) in [5.41, 5.74) is 6.05. The molecule has 4 atom stereocenters. The van der Waals surface area contributed by atoms with Gasteiger partial charge in [-0.15, -0.1) is 0 Å². The fourth-order valence-corrected chi connectivity index (χ4v) is 2.87. The molecule has 0 spiro atoms. The van der Waals surface area contributed by atoms with Gasteiger partial charge in [-0.25, -0.2) is 0 Å². The van der Waals surface area contributed by atoms with Crippen molar-refractivity contribution in [2.45, 2.75) is 38.3 Å². The number of aliphatic hydroxyl groups is 1. The number of hydrogen-bond donors (Lipinski definition) is 2. The van der Waals surface area contributed by atoms with E-state index in [9.17, 15) is 4.79 Å². The van der Waals surface area contributed by atoms with Gasteiger partial charge >= 0.3 is 0 Å². The van der Waals surface area contributed by atoms with Crippen LogP contribution in [0, 0.1) is 11.8 Å². The Hall–Kier alpha value is -0.650. The molecule has 3 N–H and O–H groups in total. The summed E-state index contributed by atoms with van der Waals surface area (Å²) in [5, 5.41) is 9.09. The van der Waals surface area contributed by atoms with Crippen LogP contribution in [0.4, 0.5) is 0 Å². The van der Waals surface area contributed by atoms with Gasteiger partial charge in [0.05, 0.1) is 19.3 Å². The Bertz CT molecular complexity index is 290. The summed E-state index contributed by atoms with van der Waals surface area (Å²) in [4.78, 5) is 14.2. The molecule has 1 saturated carbocycles. The maximum atomic E-state index is 12.4. The van der Waals surface area contributed by atoms with Crippen LogP contribution in [0.1, 0.15) is 26.2 Å². The van der Waals surface area contributed by atoms with E-state index in [4.69, 9.17) is 15.6 Å². The van der Waals surface area contributed by atoms with Gasteiger partial charge < -0.3 is 20.5 Å². The van der Waals surface area contributed by atoms with Crippen molar-refractivity contribution in [2.24, 2.45) is 17.6 Å². The third-order valence-corrected chi connectivity index (χ3v) is 4.26. The molecule has 2 fully saturated rings. The Balaban J connectivity index is 1.90. The van der Waals surface area contributed by atoms with Gasteiger partial charge in [0.1, 0.15) is 0 Å². The normalized spacial score (nSPS) is 37.6. The maximum Gasteiger partial charge on any atom is 0.225 e. The smallest absolute Gasteiger partial charge is 0.225 e. The van der Waals surface area contributed by atoms with Crippen LogP contribution in [0.3, 0.4) is 0 Å². The number of ether oxygens (including phenoxy) is 1. The van der Waals surface area contributed by atoms with E-state index in [1.807, 2.05) is 4.90 Å². The van der Waals surface area contributed by atoms with Crippen LogP contribution >= 0.6 is 0 Å². The monoisotopic (exact) mass is 256 g/mol. The van der Waals surface area contributed by atoms with Gasteiger partial charge in [0.2, 0.25) is 5.91 Å². The molecule has 18 heavy (non-hydrogen) atoms. The summed E-state index contributed by atoms with van der Waals surface area (Å²) in [5.74, 6) is 0.775. The fraction of sp³-hybridized carbons (Fsp3) is 0.923. The van der Waals surface area contributed by atoms with Crippen LogP contribution in [-0.2, 0) is 9.53 Å². The van der Waals surface area contributed by atoms with Crippen LogP contribution in [0.15, 0.2) is 0 Å². The maximum absolute atomic E-state index is 12.4. The molecule has 1 amide bonds. The summed E-state index contributed by atoms with van der Waals surface area (Å²) in [6, 6.07) is 0.141. The average Bonchev–Trinajstić information content (AvgIpc) is 2.41. The molecule has 1 aliphatic carbocycles. The van der Waals surface area contributed by atoms with E-state index in [2.05, 4.69) is 6.92 Å². The van der Waals surface area contributed by atoms with Crippen LogP contribution in [0.2, 0.25) is 0 Å². The number of morpholine rings is 1. The molecule has 5 heteroatoms. The molecule has 0 aromatic carbocycles. The molecule has 0 radical (unpaired) electrons. The Morgan fingerprint density at radius 3 is 2.94 bits per heavy atom. The van der Waals surface area contributed by atoms with E-state index >= 15 is 0 Å². The quantitative estimate of drug-likeness (QED) is 0.727. The molecule has 0 aromatic rings.